The van der Waals surface area contributed by atoms with Gasteiger partial charge in [-0.25, -0.2) is 8.91 Å². The van der Waals surface area contributed by atoms with E-state index in [1.165, 1.54) is 25.3 Å². The number of fused-ring (bicyclic) bond motifs is 1. The minimum Gasteiger partial charge on any atom is -0.469 e. The summed E-state index contributed by atoms with van der Waals surface area (Å²) in [5.41, 5.74) is 3.92. The molecule has 0 fully saturated rings. The summed E-state index contributed by atoms with van der Waals surface area (Å²) in [7, 11) is 1.20. The van der Waals surface area contributed by atoms with Crippen LogP contribution in [0.3, 0.4) is 0 Å². The first-order valence-corrected chi connectivity index (χ1v) is 9.07. The van der Waals surface area contributed by atoms with Gasteiger partial charge in [-0.15, -0.1) is 0 Å². The van der Waals surface area contributed by atoms with Crippen molar-refractivity contribution in [2.24, 2.45) is 0 Å². The summed E-state index contributed by atoms with van der Waals surface area (Å²) in [6.45, 7) is 1.93. The van der Waals surface area contributed by atoms with Gasteiger partial charge >= 0.3 is 5.97 Å². The molecule has 0 spiro atoms. The van der Waals surface area contributed by atoms with E-state index < -0.39 is 17.9 Å². The molecule has 0 aliphatic rings. The van der Waals surface area contributed by atoms with Crippen molar-refractivity contribution >= 4 is 23.3 Å². The summed E-state index contributed by atoms with van der Waals surface area (Å²) >= 11 is 0. The van der Waals surface area contributed by atoms with Crippen molar-refractivity contribution in [1.82, 2.24) is 9.61 Å². The quantitative estimate of drug-likeness (QED) is 0.489. The Kier molecular flexibility index (Phi) is 6.19. The van der Waals surface area contributed by atoms with Crippen LogP contribution in [0.4, 0.5) is 4.39 Å². The molecule has 0 saturated carbocycles. The summed E-state index contributed by atoms with van der Waals surface area (Å²) in [4.78, 5) is 23.0. The van der Waals surface area contributed by atoms with Gasteiger partial charge in [-0.2, -0.15) is 5.10 Å². The number of benzene rings is 1. The van der Waals surface area contributed by atoms with E-state index in [9.17, 15) is 19.1 Å². The number of aliphatic hydroxyl groups is 1. The molecule has 3 rings (SSSR count). The van der Waals surface area contributed by atoms with Crippen LogP contribution in [0.5, 0.6) is 0 Å². The fourth-order valence-corrected chi connectivity index (χ4v) is 3.07. The molecule has 0 saturated heterocycles. The van der Waals surface area contributed by atoms with Gasteiger partial charge in [0.1, 0.15) is 18.0 Å². The number of Topliss-reactive ketones (excluding diaryl/α,β-unsaturated/α-hetero) is 1. The van der Waals surface area contributed by atoms with Crippen molar-refractivity contribution in [3.05, 3.63) is 65.6 Å². The number of carbonyl (C=O) groups excluding carboxylic acids is 2. The monoisotopic (exact) mass is 396 g/mol. The Hall–Kier alpha value is -3.32. The summed E-state index contributed by atoms with van der Waals surface area (Å²) in [5.74, 6) is -1.39. The normalized spacial score (nSPS) is 12.4. The Morgan fingerprint density at radius 3 is 2.69 bits per heavy atom. The van der Waals surface area contributed by atoms with E-state index in [2.05, 4.69) is 9.84 Å². The zero-order valence-corrected chi connectivity index (χ0v) is 16.1. The number of ether oxygens (including phenoxy) is 1. The van der Waals surface area contributed by atoms with Gasteiger partial charge in [-0.05, 0) is 48.9 Å². The fraction of sp³-hybridized carbons (Fsp3) is 0.227. The molecule has 0 amide bonds. The molecule has 0 aliphatic carbocycles. The smallest absolute Gasteiger partial charge is 0.313 e. The highest BCUT2D eigenvalue weighted by molar-refractivity contribution is 5.95. The molecule has 3 aromatic rings. The van der Waals surface area contributed by atoms with Crippen LogP contribution >= 0.6 is 0 Å². The molecule has 29 heavy (non-hydrogen) atoms. The second-order valence-corrected chi connectivity index (χ2v) is 6.65. The SMILES string of the molecule is COC(=O)CC(=O)CC(O)/C=C/c1c(-c2ccc(F)cc2)nn2cccc2c1C. The van der Waals surface area contributed by atoms with Gasteiger partial charge in [-0.3, -0.25) is 9.59 Å². The molecule has 7 heteroatoms. The van der Waals surface area contributed by atoms with Gasteiger partial charge in [0.2, 0.25) is 0 Å². The maximum atomic E-state index is 13.3. The van der Waals surface area contributed by atoms with E-state index in [1.807, 2.05) is 25.3 Å². The van der Waals surface area contributed by atoms with Crippen LogP contribution in [-0.4, -0.2) is 39.7 Å². The van der Waals surface area contributed by atoms with Crippen molar-refractivity contribution in [1.29, 1.82) is 0 Å². The largest absolute Gasteiger partial charge is 0.469 e. The number of hydrogen-bond acceptors (Lipinski definition) is 5. The van der Waals surface area contributed by atoms with Gasteiger partial charge < -0.3 is 9.84 Å². The first-order valence-electron chi connectivity index (χ1n) is 9.07. The van der Waals surface area contributed by atoms with Crippen molar-refractivity contribution in [3.63, 3.8) is 0 Å². The highest BCUT2D eigenvalue weighted by Crippen LogP contribution is 2.28. The first kappa shape index (κ1) is 20.4. The topological polar surface area (TPSA) is 80.9 Å². The van der Waals surface area contributed by atoms with E-state index in [0.717, 1.165) is 22.2 Å². The number of carbonyl (C=O) groups is 2. The molecule has 1 unspecified atom stereocenters. The molecule has 2 aromatic heterocycles. The Labute approximate surface area is 167 Å². The van der Waals surface area contributed by atoms with E-state index in [-0.39, 0.29) is 18.7 Å². The number of hydrogen-bond donors (Lipinski definition) is 1. The van der Waals surface area contributed by atoms with Gasteiger partial charge in [0.15, 0.2) is 0 Å². The molecule has 1 aromatic carbocycles. The number of methoxy groups -OCH3 is 1. The molecule has 6 nitrogen and oxygen atoms in total. The average molecular weight is 396 g/mol. The molecule has 1 N–H and O–H groups in total. The van der Waals surface area contributed by atoms with Crippen LogP contribution in [0.25, 0.3) is 22.9 Å². The number of aryl methyl sites for hydroxylation is 1. The minimum absolute atomic E-state index is 0.197. The molecule has 0 bridgehead atoms. The fourth-order valence-electron chi connectivity index (χ4n) is 3.07. The zero-order chi connectivity index (χ0) is 21.0. The summed E-state index contributed by atoms with van der Waals surface area (Å²) < 4.78 is 19.5. The zero-order valence-electron chi connectivity index (χ0n) is 16.1. The van der Waals surface area contributed by atoms with E-state index in [0.29, 0.717) is 5.69 Å². The van der Waals surface area contributed by atoms with E-state index in [1.54, 1.807) is 22.7 Å². The molecule has 0 aliphatic heterocycles. The highest BCUT2D eigenvalue weighted by Gasteiger charge is 2.15. The summed E-state index contributed by atoms with van der Waals surface area (Å²) in [5, 5.41) is 14.8. The minimum atomic E-state index is -1.06. The Balaban J connectivity index is 1.93. The number of aliphatic hydroxyl groups excluding tert-OH is 1. The lowest BCUT2D eigenvalue weighted by Crippen LogP contribution is -2.15. The third-order valence-corrected chi connectivity index (χ3v) is 4.59. The van der Waals surface area contributed by atoms with Crippen LogP contribution in [0.2, 0.25) is 0 Å². The number of aromatic nitrogens is 2. The van der Waals surface area contributed by atoms with Crippen molar-refractivity contribution in [3.8, 4) is 11.3 Å². The van der Waals surface area contributed by atoms with Gasteiger partial charge in [-0.1, -0.05) is 12.2 Å². The van der Waals surface area contributed by atoms with Crippen LogP contribution in [0.15, 0.2) is 48.7 Å². The second-order valence-electron chi connectivity index (χ2n) is 6.65. The summed E-state index contributed by atoms with van der Waals surface area (Å²) in [6, 6.07) is 9.79. The Bertz CT molecular complexity index is 1070. The van der Waals surface area contributed by atoms with Gasteiger partial charge in [0, 0.05) is 23.7 Å². The number of rotatable bonds is 7. The highest BCUT2D eigenvalue weighted by atomic mass is 19.1. The van der Waals surface area contributed by atoms with E-state index >= 15 is 0 Å². The molecule has 1 atom stereocenters. The summed E-state index contributed by atoms with van der Waals surface area (Å²) in [6.07, 6.45) is 3.38. The van der Waals surface area contributed by atoms with Crippen LogP contribution in [-0.2, 0) is 14.3 Å². The Morgan fingerprint density at radius 2 is 2.00 bits per heavy atom. The van der Waals surface area contributed by atoms with Crippen molar-refractivity contribution in [2.75, 3.05) is 7.11 Å². The molecular weight excluding hydrogens is 375 g/mol. The number of ketones is 1. The number of halogens is 1. The van der Waals surface area contributed by atoms with Crippen LogP contribution < -0.4 is 0 Å². The number of nitrogens with zero attached hydrogens (tertiary/aromatic N) is 2. The first-order chi connectivity index (χ1) is 13.9. The average Bonchev–Trinajstić information content (AvgIpc) is 3.16. The van der Waals surface area contributed by atoms with Gasteiger partial charge in [0.25, 0.3) is 0 Å². The molecular formula is C22H21FN2O4. The lowest BCUT2D eigenvalue weighted by Gasteiger charge is -2.12. The van der Waals surface area contributed by atoms with E-state index in [4.69, 9.17) is 0 Å². The molecule has 150 valence electrons. The third kappa shape index (κ3) is 4.75. The van der Waals surface area contributed by atoms with Crippen molar-refractivity contribution in [2.45, 2.75) is 25.9 Å². The number of esters is 1. The van der Waals surface area contributed by atoms with Crippen molar-refractivity contribution < 1.29 is 23.8 Å². The Morgan fingerprint density at radius 1 is 1.28 bits per heavy atom. The predicted molar refractivity (Wildman–Crippen MR) is 107 cm³/mol. The predicted octanol–water partition coefficient (Wildman–Crippen LogP) is 3.35. The molecule has 0 radical (unpaired) electrons. The van der Waals surface area contributed by atoms with Gasteiger partial charge in [0.05, 0.1) is 24.4 Å². The second kappa shape index (κ2) is 8.79. The maximum absolute atomic E-state index is 13.3. The van der Waals surface area contributed by atoms with Crippen LogP contribution in [0.1, 0.15) is 24.0 Å². The lowest BCUT2D eigenvalue weighted by molar-refractivity contribution is -0.143. The third-order valence-electron chi connectivity index (χ3n) is 4.59. The molecule has 2 heterocycles. The van der Waals surface area contributed by atoms with Crippen LogP contribution in [0, 0.1) is 12.7 Å². The standard InChI is InChI=1S/C22H21FN2O4/c1-14-19(10-9-17(26)12-18(27)13-21(28)29-2)22(15-5-7-16(23)8-6-15)24-25-11-3-4-20(14)25/h3-11,17,26H,12-13H2,1-2H3/b10-9+. The maximum Gasteiger partial charge on any atom is 0.313 e. The lowest BCUT2D eigenvalue weighted by atomic mass is 10.00.